The van der Waals surface area contributed by atoms with Crippen molar-refractivity contribution in [3.63, 3.8) is 0 Å². The first kappa shape index (κ1) is 14.0. The van der Waals surface area contributed by atoms with Crippen LogP contribution < -0.4 is 0 Å². The van der Waals surface area contributed by atoms with Crippen molar-refractivity contribution in [2.75, 3.05) is 19.8 Å². The van der Waals surface area contributed by atoms with Gasteiger partial charge in [-0.15, -0.1) is 0 Å². The van der Waals surface area contributed by atoms with Crippen molar-refractivity contribution in [3.8, 4) is 12.5 Å². The van der Waals surface area contributed by atoms with Crippen molar-refractivity contribution in [1.29, 1.82) is 10.5 Å². The van der Waals surface area contributed by atoms with E-state index in [1.54, 1.807) is 12.5 Å². The van der Waals surface area contributed by atoms with Gasteiger partial charge >= 0.3 is 0 Å². The highest BCUT2D eigenvalue weighted by Crippen LogP contribution is 2.34. The Morgan fingerprint density at radius 1 is 1.00 bits per heavy atom. The molecule has 1 aliphatic carbocycles. The van der Waals surface area contributed by atoms with Crippen molar-refractivity contribution in [2.24, 2.45) is 22.7 Å². The first-order valence-corrected chi connectivity index (χ1v) is 5.85. The molecule has 0 spiro atoms. The van der Waals surface area contributed by atoms with E-state index in [0.29, 0.717) is 19.8 Å². The quantitative estimate of drug-likeness (QED) is 0.402. The van der Waals surface area contributed by atoms with Crippen LogP contribution in [0.5, 0.6) is 0 Å². The van der Waals surface area contributed by atoms with Gasteiger partial charge in [-0.2, -0.15) is 10.5 Å². The highest BCUT2D eigenvalue weighted by molar-refractivity contribution is 5.32. The number of nitriles is 2. The molecular weight excluding hydrogens is 234 g/mol. The zero-order valence-electron chi connectivity index (χ0n) is 10.0. The van der Waals surface area contributed by atoms with E-state index in [-0.39, 0.29) is 17.8 Å². The molecule has 0 amide bonds. The lowest BCUT2D eigenvalue weighted by Crippen LogP contribution is -2.29. The molecule has 6 nitrogen and oxygen atoms in total. The monoisotopic (exact) mass is 249 g/mol. The summed E-state index contributed by atoms with van der Waals surface area (Å²) in [4.78, 5) is 13.7. The molecule has 0 aliphatic heterocycles. The van der Waals surface area contributed by atoms with Crippen LogP contribution in [0.2, 0.25) is 0 Å². The fourth-order valence-corrected chi connectivity index (χ4v) is 2.60. The third kappa shape index (κ3) is 4.86. The van der Waals surface area contributed by atoms with Crippen LogP contribution in [0, 0.1) is 40.8 Å². The van der Waals surface area contributed by atoms with Gasteiger partial charge in [0.25, 0.3) is 12.5 Å². The minimum atomic E-state index is 0.248. The predicted octanol–water partition coefficient (Wildman–Crippen LogP) is 1.35. The van der Waals surface area contributed by atoms with Crippen molar-refractivity contribution >= 4 is 6.08 Å². The van der Waals surface area contributed by atoms with Gasteiger partial charge in [-0.1, -0.05) is 0 Å². The molecule has 0 bridgehead atoms. The normalized spacial score (nSPS) is 26.2. The van der Waals surface area contributed by atoms with E-state index in [4.69, 9.17) is 20.0 Å². The minimum absolute atomic E-state index is 0.248. The summed E-state index contributed by atoms with van der Waals surface area (Å²) >= 11 is 0. The molecule has 1 aliphatic rings. The number of ether oxygens (including phenoxy) is 2. The highest BCUT2D eigenvalue weighted by atomic mass is 16.5. The molecule has 0 N–H and O–H groups in total. The Balaban J connectivity index is 2.51. The number of isocyanates is 1. The lowest BCUT2D eigenvalue weighted by Gasteiger charge is -2.32. The van der Waals surface area contributed by atoms with Crippen LogP contribution in [-0.4, -0.2) is 25.8 Å². The number of hydrogen-bond donors (Lipinski definition) is 0. The maximum Gasteiger partial charge on any atom is 0.286 e. The summed E-state index contributed by atoms with van der Waals surface area (Å²) in [6, 6.07) is 0. The second-order valence-corrected chi connectivity index (χ2v) is 4.54. The average molecular weight is 249 g/mol. The van der Waals surface area contributed by atoms with Crippen LogP contribution in [0.3, 0.4) is 0 Å². The van der Waals surface area contributed by atoms with E-state index in [1.165, 1.54) is 6.08 Å². The van der Waals surface area contributed by atoms with E-state index >= 15 is 0 Å². The van der Waals surface area contributed by atoms with Gasteiger partial charge in [-0.05, 0) is 37.0 Å². The summed E-state index contributed by atoms with van der Waals surface area (Å²) in [6.45, 7) is 1.19. The fraction of sp³-hybridized carbons (Fsp3) is 0.750. The molecule has 0 heterocycles. The average Bonchev–Trinajstić information content (AvgIpc) is 2.40. The van der Waals surface area contributed by atoms with Gasteiger partial charge in [0, 0.05) is 0 Å². The smallest absolute Gasteiger partial charge is 0.286 e. The number of nitrogens with zero attached hydrogens (tertiary/aromatic N) is 3. The summed E-state index contributed by atoms with van der Waals surface area (Å²) in [6.07, 6.45) is 7.47. The summed E-state index contributed by atoms with van der Waals surface area (Å²) in [5, 5.41) is 16.8. The Labute approximate surface area is 106 Å². The molecule has 18 heavy (non-hydrogen) atoms. The van der Waals surface area contributed by atoms with Gasteiger partial charge in [0.05, 0.1) is 6.54 Å². The van der Waals surface area contributed by atoms with Crippen LogP contribution in [0.25, 0.3) is 0 Å². The first-order chi connectivity index (χ1) is 8.80. The Kier molecular flexibility index (Phi) is 6.32. The number of hydrogen-bond acceptors (Lipinski definition) is 6. The lowest BCUT2D eigenvalue weighted by atomic mass is 9.75. The molecule has 2 unspecified atom stereocenters. The lowest BCUT2D eigenvalue weighted by molar-refractivity contribution is 0.0881. The van der Waals surface area contributed by atoms with Gasteiger partial charge < -0.3 is 9.47 Å². The van der Waals surface area contributed by atoms with Crippen molar-refractivity contribution in [3.05, 3.63) is 0 Å². The molecular formula is C12H15N3O3. The molecule has 0 radical (unpaired) electrons. The van der Waals surface area contributed by atoms with Crippen LogP contribution in [0.15, 0.2) is 4.99 Å². The highest BCUT2D eigenvalue weighted by Gasteiger charge is 2.29. The van der Waals surface area contributed by atoms with E-state index in [2.05, 4.69) is 4.99 Å². The topological polar surface area (TPSA) is 95.5 Å². The summed E-state index contributed by atoms with van der Waals surface area (Å²) in [5.74, 6) is 0.759. The van der Waals surface area contributed by atoms with E-state index in [0.717, 1.165) is 19.3 Å². The second kappa shape index (κ2) is 8.11. The Morgan fingerprint density at radius 2 is 1.50 bits per heavy atom. The van der Waals surface area contributed by atoms with E-state index < -0.39 is 0 Å². The van der Waals surface area contributed by atoms with Crippen molar-refractivity contribution < 1.29 is 14.3 Å². The molecule has 0 saturated heterocycles. The second-order valence-electron chi connectivity index (χ2n) is 4.54. The molecule has 96 valence electrons. The standard InChI is InChI=1S/C12H15N3O3/c13-7-17-5-11-1-10(4-15-9-16)2-12(3-11)6-18-8-14/h10-12H,1-6H2. The summed E-state index contributed by atoms with van der Waals surface area (Å²) in [7, 11) is 0. The maximum atomic E-state index is 10.1. The third-order valence-corrected chi connectivity index (χ3v) is 3.18. The van der Waals surface area contributed by atoms with Gasteiger partial charge in [0.1, 0.15) is 13.2 Å². The van der Waals surface area contributed by atoms with E-state index in [1.807, 2.05) is 0 Å². The van der Waals surface area contributed by atoms with Crippen LogP contribution in [0.4, 0.5) is 0 Å². The molecule has 6 heteroatoms. The molecule has 0 aromatic rings. The molecule has 2 atom stereocenters. The Morgan fingerprint density at radius 3 is 1.94 bits per heavy atom. The maximum absolute atomic E-state index is 10.1. The van der Waals surface area contributed by atoms with Gasteiger partial charge in [-0.25, -0.2) is 9.79 Å². The SMILES string of the molecule is N#COCC1CC(CN=C=O)CC(COC#N)C1. The third-order valence-electron chi connectivity index (χ3n) is 3.18. The van der Waals surface area contributed by atoms with Crippen LogP contribution in [-0.2, 0) is 14.3 Å². The van der Waals surface area contributed by atoms with E-state index in [9.17, 15) is 4.79 Å². The van der Waals surface area contributed by atoms with Crippen molar-refractivity contribution in [2.45, 2.75) is 19.3 Å². The molecule has 0 aromatic carbocycles. The molecule has 0 aromatic heterocycles. The molecule has 1 fully saturated rings. The Hall–Kier alpha value is -2.04. The van der Waals surface area contributed by atoms with Gasteiger partial charge in [0.2, 0.25) is 6.08 Å². The Bertz CT molecular complexity index is 353. The molecule has 1 rings (SSSR count). The number of rotatable bonds is 6. The van der Waals surface area contributed by atoms with Crippen molar-refractivity contribution in [1.82, 2.24) is 0 Å². The number of carbonyl (C=O) groups excluding carboxylic acids is 1. The van der Waals surface area contributed by atoms with Gasteiger partial charge in [-0.3, -0.25) is 0 Å². The van der Waals surface area contributed by atoms with Gasteiger partial charge in [0.15, 0.2) is 0 Å². The van der Waals surface area contributed by atoms with Crippen LogP contribution >= 0.6 is 0 Å². The summed E-state index contributed by atoms with van der Waals surface area (Å²) in [5.41, 5.74) is 0. The minimum Gasteiger partial charge on any atom is -0.427 e. The van der Waals surface area contributed by atoms with Crippen LogP contribution in [0.1, 0.15) is 19.3 Å². The predicted molar refractivity (Wildman–Crippen MR) is 60.4 cm³/mol. The zero-order valence-corrected chi connectivity index (χ0v) is 10.0. The fourth-order valence-electron chi connectivity index (χ4n) is 2.60. The summed E-state index contributed by atoms with van der Waals surface area (Å²) < 4.78 is 9.54. The first-order valence-electron chi connectivity index (χ1n) is 5.85. The number of aliphatic imine (C=N–C) groups is 1. The zero-order chi connectivity index (χ0) is 13.2. The largest absolute Gasteiger partial charge is 0.427 e. The molecule has 1 saturated carbocycles.